The molecule has 0 bridgehead atoms. The number of nitrogens with zero attached hydrogens (tertiary/aromatic N) is 1. The molecular weight excluding hydrogens is 392 g/mol. The van der Waals surface area contributed by atoms with Crippen molar-refractivity contribution in [3.05, 3.63) is 35.4 Å². The van der Waals surface area contributed by atoms with E-state index in [1.165, 1.54) is 0 Å². The first-order valence-corrected chi connectivity index (χ1v) is 10.9. The molecular formula is C25H40N2O4. The number of aliphatic hydroxyl groups is 2. The highest BCUT2D eigenvalue weighted by Gasteiger charge is 2.32. The number of likely N-dealkylation sites (tertiary alicyclic amines) is 1. The van der Waals surface area contributed by atoms with Crippen molar-refractivity contribution in [2.75, 3.05) is 13.1 Å². The fraction of sp³-hybridized carbons (Fsp3) is 0.600. The van der Waals surface area contributed by atoms with E-state index in [2.05, 4.69) is 11.2 Å². The lowest BCUT2D eigenvalue weighted by Gasteiger charge is -2.32. The monoisotopic (exact) mass is 432 g/mol. The van der Waals surface area contributed by atoms with Gasteiger partial charge in [-0.25, -0.2) is 0 Å². The zero-order valence-electron chi connectivity index (χ0n) is 19.9. The number of carbonyl (C=O) groups excluding carboxylic acids is 2. The Morgan fingerprint density at radius 3 is 2.26 bits per heavy atom. The summed E-state index contributed by atoms with van der Waals surface area (Å²) < 4.78 is 0. The Morgan fingerprint density at radius 1 is 1.26 bits per heavy atom. The van der Waals surface area contributed by atoms with Crippen LogP contribution in [0.1, 0.15) is 71.9 Å². The summed E-state index contributed by atoms with van der Waals surface area (Å²) in [5.41, 5.74) is 0.919. The van der Waals surface area contributed by atoms with Crippen LogP contribution in [0.5, 0.6) is 0 Å². The van der Waals surface area contributed by atoms with Gasteiger partial charge in [0, 0.05) is 31.6 Å². The number of nitrogens with one attached hydrogen (secondary N) is 1. The van der Waals surface area contributed by atoms with Crippen molar-refractivity contribution in [3.8, 4) is 12.3 Å². The van der Waals surface area contributed by atoms with E-state index in [1.807, 2.05) is 52.0 Å². The van der Waals surface area contributed by atoms with Gasteiger partial charge in [-0.1, -0.05) is 45.7 Å². The quantitative estimate of drug-likeness (QED) is 0.456. The van der Waals surface area contributed by atoms with Crippen molar-refractivity contribution in [2.24, 2.45) is 5.41 Å². The summed E-state index contributed by atoms with van der Waals surface area (Å²) in [5, 5.41) is 21.8. The van der Waals surface area contributed by atoms with Crippen molar-refractivity contribution < 1.29 is 19.8 Å². The molecule has 1 heterocycles. The largest absolute Gasteiger partial charge is 0.391 e. The van der Waals surface area contributed by atoms with E-state index >= 15 is 0 Å². The number of hydrogen-bond acceptors (Lipinski definition) is 4. The fourth-order valence-electron chi connectivity index (χ4n) is 3.60. The van der Waals surface area contributed by atoms with Gasteiger partial charge in [-0.15, -0.1) is 6.42 Å². The third kappa shape index (κ3) is 12.8. The van der Waals surface area contributed by atoms with Gasteiger partial charge >= 0.3 is 0 Å². The molecule has 1 atom stereocenters. The zero-order valence-corrected chi connectivity index (χ0v) is 19.9. The van der Waals surface area contributed by atoms with E-state index in [0.717, 1.165) is 11.1 Å². The van der Waals surface area contributed by atoms with Crippen LogP contribution in [0.4, 0.5) is 0 Å². The third-order valence-electron chi connectivity index (χ3n) is 4.57. The summed E-state index contributed by atoms with van der Waals surface area (Å²) in [7, 11) is 0. The molecule has 1 saturated heterocycles. The Balaban J connectivity index is 0.000000564. The lowest BCUT2D eigenvalue weighted by atomic mass is 9.79. The van der Waals surface area contributed by atoms with Crippen molar-refractivity contribution in [3.63, 3.8) is 0 Å². The molecule has 2 rings (SSSR count). The van der Waals surface area contributed by atoms with E-state index < -0.39 is 5.60 Å². The predicted molar refractivity (Wildman–Crippen MR) is 125 cm³/mol. The van der Waals surface area contributed by atoms with E-state index in [0.29, 0.717) is 45.3 Å². The first-order valence-electron chi connectivity index (χ1n) is 10.9. The topological polar surface area (TPSA) is 89.9 Å². The van der Waals surface area contributed by atoms with Crippen molar-refractivity contribution in [1.29, 1.82) is 0 Å². The molecule has 1 aromatic carbocycles. The molecule has 1 aliphatic rings. The number of terminal acetylenes is 1. The summed E-state index contributed by atoms with van der Waals surface area (Å²) in [4.78, 5) is 23.7. The number of aliphatic hydroxyl groups excluding tert-OH is 1. The second-order valence-electron chi connectivity index (χ2n) is 8.95. The fourth-order valence-corrected chi connectivity index (χ4v) is 3.60. The van der Waals surface area contributed by atoms with Crippen LogP contribution in [-0.2, 0) is 16.1 Å². The molecule has 174 valence electrons. The average Bonchev–Trinajstić information content (AvgIpc) is 3.13. The molecule has 2 amide bonds. The van der Waals surface area contributed by atoms with Gasteiger partial charge in [0.15, 0.2) is 0 Å². The Hall–Kier alpha value is -2.36. The SMILES string of the molecule is C#Cc1ccc(CNC=O)cc1.CC.CC(C)(O)CC(C)(C)CC(=O)N1CCC(O)C1. The molecule has 3 N–H and O–H groups in total. The Morgan fingerprint density at radius 2 is 1.84 bits per heavy atom. The maximum atomic E-state index is 12.0. The van der Waals surface area contributed by atoms with Gasteiger partial charge in [0.25, 0.3) is 0 Å². The highest BCUT2D eigenvalue weighted by molar-refractivity contribution is 5.77. The van der Waals surface area contributed by atoms with Crippen LogP contribution in [0.2, 0.25) is 0 Å². The molecule has 0 spiro atoms. The van der Waals surface area contributed by atoms with Crippen LogP contribution in [0, 0.1) is 17.8 Å². The molecule has 0 aromatic heterocycles. The summed E-state index contributed by atoms with van der Waals surface area (Å²) >= 11 is 0. The molecule has 1 unspecified atom stereocenters. The van der Waals surface area contributed by atoms with E-state index in [4.69, 9.17) is 6.42 Å². The van der Waals surface area contributed by atoms with Crippen LogP contribution in [0.15, 0.2) is 24.3 Å². The number of carbonyl (C=O) groups is 2. The van der Waals surface area contributed by atoms with Crippen LogP contribution < -0.4 is 5.32 Å². The van der Waals surface area contributed by atoms with Gasteiger partial charge in [-0.3, -0.25) is 9.59 Å². The Labute approximate surface area is 188 Å². The summed E-state index contributed by atoms with van der Waals surface area (Å²) in [6.45, 7) is 13.2. The Kier molecular flexibility index (Phi) is 12.8. The van der Waals surface area contributed by atoms with Crippen LogP contribution in [-0.4, -0.2) is 52.2 Å². The van der Waals surface area contributed by atoms with Crippen LogP contribution in [0.25, 0.3) is 0 Å². The first kappa shape index (κ1) is 28.6. The van der Waals surface area contributed by atoms with Crippen LogP contribution in [0.3, 0.4) is 0 Å². The van der Waals surface area contributed by atoms with Gasteiger partial charge in [0.1, 0.15) is 0 Å². The minimum absolute atomic E-state index is 0.0794. The minimum atomic E-state index is -0.756. The number of amides is 2. The standard InChI is InChI=1S/C13H25NO3.C10H9NO.C2H6/c1-12(2,9-13(3,4)17)7-11(16)14-6-5-10(15)8-14;1-2-9-3-5-10(6-4-9)7-11-8-12;1-2/h10,15,17H,5-9H2,1-4H3;1,3-6,8H,7H2,(H,11,12);1-2H3. The Bertz CT molecular complexity index is 700. The van der Waals surface area contributed by atoms with Gasteiger partial charge in [-0.05, 0) is 49.8 Å². The summed E-state index contributed by atoms with van der Waals surface area (Å²) in [5.74, 6) is 2.60. The minimum Gasteiger partial charge on any atom is -0.391 e. The lowest BCUT2D eigenvalue weighted by Crippen LogP contribution is -2.36. The number of β-amino-alcohol motifs (C(OH)–C–C–N with tert-alkyl or cyclic N) is 1. The highest BCUT2D eigenvalue weighted by Crippen LogP contribution is 2.32. The smallest absolute Gasteiger partial charge is 0.223 e. The van der Waals surface area contributed by atoms with E-state index in [9.17, 15) is 19.8 Å². The van der Waals surface area contributed by atoms with Crippen molar-refractivity contribution in [2.45, 2.75) is 79.1 Å². The molecule has 1 aliphatic heterocycles. The maximum Gasteiger partial charge on any atom is 0.223 e. The lowest BCUT2D eigenvalue weighted by molar-refractivity contribution is -0.133. The number of benzene rings is 1. The van der Waals surface area contributed by atoms with Crippen LogP contribution >= 0.6 is 0 Å². The molecule has 6 heteroatoms. The van der Waals surface area contributed by atoms with Gasteiger partial charge in [-0.2, -0.15) is 0 Å². The van der Waals surface area contributed by atoms with Crippen molar-refractivity contribution in [1.82, 2.24) is 10.2 Å². The van der Waals surface area contributed by atoms with E-state index in [1.54, 1.807) is 18.7 Å². The first-order chi connectivity index (χ1) is 14.5. The molecule has 0 radical (unpaired) electrons. The van der Waals surface area contributed by atoms with Gasteiger partial charge in [0.05, 0.1) is 11.7 Å². The predicted octanol–water partition coefficient (Wildman–Crippen LogP) is 3.10. The number of hydrogen-bond donors (Lipinski definition) is 3. The molecule has 1 aromatic rings. The van der Waals surface area contributed by atoms with Gasteiger partial charge < -0.3 is 20.4 Å². The van der Waals surface area contributed by atoms with Gasteiger partial charge in [0.2, 0.25) is 12.3 Å². The van der Waals surface area contributed by atoms with E-state index in [-0.39, 0.29) is 17.4 Å². The molecule has 1 fully saturated rings. The molecule has 31 heavy (non-hydrogen) atoms. The molecule has 0 saturated carbocycles. The molecule has 6 nitrogen and oxygen atoms in total. The van der Waals surface area contributed by atoms with Crippen molar-refractivity contribution >= 4 is 12.3 Å². The summed E-state index contributed by atoms with van der Waals surface area (Å²) in [6, 6.07) is 7.49. The summed E-state index contributed by atoms with van der Waals surface area (Å²) in [6.07, 6.45) is 7.17. The second-order valence-corrected chi connectivity index (χ2v) is 8.95. The highest BCUT2D eigenvalue weighted by atomic mass is 16.3. The zero-order chi connectivity index (χ0) is 24.1. The molecule has 0 aliphatic carbocycles. The second kappa shape index (κ2) is 13.8. The normalized spacial score (nSPS) is 15.6. The third-order valence-corrected chi connectivity index (χ3v) is 4.57. The maximum absolute atomic E-state index is 12.0. The average molecular weight is 433 g/mol. The number of rotatable bonds is 7.